The second-order valence-corrected chi connectivity index (χ2v) is 12.2. The fraction of sp³-hybridized carbons (Fsp3) is 0.281. The fourth-order valence-corrected chi connectivity index (χ4v) is 6.15. The maximum atomic E-state index is 13.8. The monoisotopic (exact) mass is 603 g/mol. The summed E-state index contributed by atoms with van der Waals surface area (Å²) in [6.45, 7) is 1.97. The number of aromatic nitrogens is 2. The molecule has 224 valence electrons. The molecule has 2 N–H and O–H groups in total. The van der Waals surface area contributed by atoms with Crippen LogP contribution in [-0.2, 0) is 16.3 Å². The molecule has 5 rings (SSSR count). The highest BCUT2D eigenvalue weighted by Gasteiger charge is 2.32. The summed E-state index contributed by atoms with van der Waals surface area (Å²) in [5.41, 5.74) is 1.20. The molecule has 1 amide bonds. The first-order chi connectivity index (χ1) is 20.7. The Morgan fingerprint density at radius 3 is 2.09 bits per heavy atom. The van der Waals surface area contributed by atoms with E-state index < -0.39 is 26.2 Å². The van der Waals surface area contributed by atoms with E-state index in [-0.39, 0.29) is 28.4 Å². The number of ether oxygens (including phenoxy) is 2. The molecule has 1 aromatic heterocycles. The molecule has 1 fully saturated rings. The fourth-order valence-electron chi connectivity index (χ4n) is 4.82. The standard InChI is InChI=1S/C32H33N3O7S/c1-4-5-9-27-34-31(37)29(32(38)35(27)28-25(41-2)7-6-8-26(28)42-3)43(39,40)24-18-14-21(15-19-24)20-10-12-22(13-11-20)30(36)33-23-16-17-23/h6-8,10-15,18-19,23,38H,4-5,9,16-17H2,1-3H3,(H,33,36). The Hall–Kier alpha value is -4.64. The molecule has 0 spiro atoms. The number of aryl methyl sites for hydroxylation is 1. The van der Waals surface area contributed by atoms with Crippen LogP contribution in [-0.4, -0.2) is 49.2 Å². The number of benzene rings is 3. The molecule has 0 aliphatic heterocycles. The third-order valence-electron chi connectivity index (χ3n) is 7.30. The lowest BCUT2D eigenvalue weighted by molar-refractivity contribution is 0.0951. The van der Waals surface area contributed by atoms with E-state index in [1.165, 1.54) is 30.9 Å². The van der Waals surface area contributed by atoms with E-state index in [1.807, 2.05) is 6.92 Å². The van der Waals surface area contributed by atoms with Crippen molar-refractivity contribution in [3.8, 4) is 34.2 Å². The van der Waals surface area contributed by atoms with Crippen LogP contribution in [0.1, 0.15) is 48.8 Å². The quantitative estimate of drug-likeness (QED) is 0.252. The van der Waals surface area contributed by atoms with Gasteiger partial charge < -0.3 is 19.9 Å². The molecule has 1 heterocycles. The summed E-state index contributed by atoms with van der Waals surface area (Å²) in [7, 11) is -1.64. The van der Waals surface area contributed by atoms with Gasteiger partial charge in [0.15, 0.2) is 4.90 Å². The third-order valence-corrected chi connectivity index (χ3v) is 9.09. The van der Waals surface area contributed by atoms with E-state index in [0.717, 1.165) is 24.8 Å². The van der Waals surface area contributed by atoms with E-state index in [2.05, 4.69) is 10.3 Å². The van der Waals surface area contributed by atoms with Gasteiger partial charge in [-0.15, -0.1) is 0 Å². The van der Waals surface area contributed by atoms with Crippen molar-refractivity contribution < 1.29 is 27.8 Å². The first-order valence-corrected chi connectivity index (χ1v) is 15.5. The molecular formula is C32H33N3O7S. The number of aromatic hydroxyl groups is 1. The van der Waals surface area contributed by atoms with Crippen LogP contribution in [0.2, 0.25) is 0 Å². The number of nitrogens with zero attached hydrogens (tertiary/aromatic N) is 2. The van der Waals surface area contributed by atoms with Crippen LogP contribution in [0.25, 0.3) is 16.8 Å². The molecule has 10 nitrogen and oxygen atoms in total. The lowest BCUT2D eigenvalue weighted by Gasteiger charge is -2.21. The maximum absolute atomic E-state index is 13.8. The average molecular weight is 604 g/mol. The van der Waals surface area contributed by atoms with Gasteiger partial charge in [-0.05, 0) is 66.8 Å². The molecule has 43 heavy (non-hydrogen) atoms. The molecule has 0 saturated heterocycles. The van der Waals surface area contributed by atoms with Crippen molar-refractivity contribution in [3.05, 3.63) is 88.5 Å². The van der Waals surface area contributed by atoms with Crippen LogP contribution < -0.4 is 20.3 Å². The molecule has 0 bridgehead atoms. The van der Waals surface area contributed by atoms with Crippen molar-refractivity contribution in [3.63, 3.8) is 0 Å². The number of unbranched alkanes of at least 4 members (excludes halogenated alkanes) is 1. The zero-order valence-electron chi connectivity index (χ0n) is 24.2. The SMILES string of the molecule is CCCCc1nc(=O)c(S(=O)(=O)c2ccc(-c3ccc(C(=O)NC4CC4)cc3)cc2)c(O)n1-c1c(OC)cccc1OC. The highest BCUT2D eigenvalue weighted by atomic mass is 32.2. The van der Waals surface area contributed by atoms with Gasteiger partial charge in [0.2, 0.25) is 15.7 Å². The number of methoxy groups -OCH3 is 2. The molecule has 0 radical (unpaired) electrons. The van der Waals surface area contributed by atoms with Gasteiger partial charge in [0.05, 0.1) is 19.1 Å². The lowest BCUT2D eigenvalue weighted by Crippen LogP contribution is -2.25. The Balaban J connectivity index is 1.55. The van der Waals surface area contributed by atoms with Crippen LogP contribution >= 0.6 is 0 Å². The number of carbonyl (C=O) groups excluding carboxylic acids is 1. The zero-order chi connectivity index (χ0) is 30.7. The Labute approximate surface area is 249 Å². The minimum atomic E-state index is -4.51. The summed E-state index contributed by atoms with van der Waals surface area (Å²) >= 11 is 0. The van der Waals surface area contributed by atoms with Crippen molar-refractivity contribution >= 4 is 15.7 Å². The zero-order valence-corrected chi connectivity index (χ0v) is 25.0. The van der Waals surface area contributed by atoms with E-state index in [1.54, 1.807) is 54.6 Å². The Bertz CT molecular complexity index is 1790. The van der Waals surface area contributed by atoms with Crippen molar-refractivity contribution in [2.75, 3.05) is 14.2 Å². The number of hydrogen-bond donors (Lipinski definition) is 2. The Morgan fingerprint density at radius 2 is 1.56 bits per heavy atom. The summed E-state index contributed by atoms with van der Waals surface area (Å²) in [4.78, 5) is 28.6. The van der Waals surface area contributed by atoms with E-state index in [0.29, 0.717) is 35.5 Å². The summed E-state index contributed by atoms with van der Waals surface area (Å²) in [6, 6.07) is 18.2. The molecule has 1 saturated carbocycles. The number of para-hydroxylation sites is 1. The predicted molar refractivity (Wildman–Crippen MR) is 161 cm³/mol. The molecule has 1 aliphatic rings. The van der Waals surface area contributed by atoms with Gasteiger partial charge in [-0.3, -0.25) is 14.2 Å². The maximum Gasteiger partial charge on any atom is 0.296 e. The van der Waals surface area contributed by atoms with Gasteiger partial charge in [-0.2, -0.15) is 4.98 Å². The predicted octanol–water partition coefficient (Wildman–Crippen LogP) is 4.69. The first-order valence-electron chi connectivity index (χ1n) is 14.0. The number of sulfone groups is 1. The number of nitrogens with one attached hydrogen (secondary N) is 1. The lowest BCUT2D eigenvalue weighted by atomic mass is 10.0. The van der Waals surface area contributed by atoms with Gasteiger partial charge in [0, 0.05) is 18.0 Å². The van der Waals surface area contributed by atoms with Crippen LogP contribution in [0.3, 0.4) is 0 Å². The molecule has 0 atom stereocenters. The normalized spacial score (nSPS) is 13.0. The Morgan fingerprint density at radius 1 is 0.977 bits per heavy atom. The van der Waals surface area contributed by atoms with Crippen LogP contribution in [0.15, 0.2) is 81.3 Å². The van der Waals surface area contributed by atoms with Crippen LogP contribution in [0.4, 0.5) is 0 Å². The van der Waals surface area contributed by atoms with Gasteiger partial charge in [-0.25, -0.2) is 8.42 Å². The van der Waals surface area contributed by atoms with Crippen LogP contribution in [0.5, 0.6) is 17.4 Å². The van der Waals surface area contributed by atoms with Crippen molar-refractivity contribution in [2.24, 2.45) is 0 Å². The van der Waals surface area contributed by atoms with Crippen molar-refractivity contribution in [2.45, 2.75) is 54.9 Å². The summed E-state index contributed by atoms with van der Waals surface area (Å²) < 4.78 is 39.9. The van der Waals surface area contributed by atoms with Gasteiger partial charge in [-0.1, -0.05) is 43.7 Å². The Kier molecular flexibility index (Phi) is 8.54. The van der Waals surface area contributed by atoms with Crippen molar-refractivity contribution in [1.82, 2.24) is 14.9 Å². The van der Waals surface area contributed by atoms with E-state index >= 15 is 0 Å². The van der Waals surface area contributed by atoms with E-state index in [4.69, 9.17) is 9.47 Å². The largest absolute Gasteiger partial charge is 0.494 e. The minimum Gasteiger partial charge on any atom is -0.494 e. The number of hydrogen-bond acceptors (Lipinski definition) is 8. The number of rotatable bonds is 11. The second kappa shape index (κ2) is 12.3. The van der Waals surface area contributed by atoms with Gasteiger partial charge in [0.1, 0.15) is 23.0 Å². The molecular weight excluding hydrogens is 570 g/mol. The molecule has 0 unspecified atom stereocenters. The number of carbonyl (C=O) groups is 1. The molecule has 3 aromatic carbocycles. The molecule has 11 heteroatoms. The smallest absolute Gasteiger partial charge is 0.296 e. The molecule has 4 aromatic rings. The summed E-state index contributed by atoms with van der Waals surface area (Å²) in [6.07, 6.45) is 3.72. The highest BCUT2D eigenvalue weighted by Crippen LogP contribution is 2.38. The first kappa shape index (κ1) is 29.8. The van der Waals surface area contributed by atoms with Gasteiger partial charge in [0.25, 0.3) is 11.5 Å². The van der Waals surface area contributed by atoms with E-state index in [9.17, 15) is 23.1 Å². The average Bonchev–Trinajstić information content (AvgIpc) is 3.83. The second-order valence-electron chi connectivity index (χ2n) is 10.3. The third kappa shape index (κ3) is 5.98. The topological polar surface area (TPSA) is 137 Å². The summed E-state index contributed by atoms with van der Waals surface area (Å²) in [5, 5.41) is 14.4. The minimum absolute atomic E-state index is 0.124. The molecule has 1 aliphatic carbocycles. The summed E-state index contributed by atoms with van der Waals surface area (Å²) in [5.74, 6) is -0.141. The van der Waals surface area contributed by atoms with Gasteiger partial charge >= 0.3 is 0 Å². The highest BCUT2D eigenvalue weighted by molar-refractivity contribution is 7.91. The van der Waals surface area contributed by atoms with Crippen LogP contribution in [0, 0.1) is 0 Å². The van der Waals surface area contributed by atoms with Crippen molar-refractivity contribution in [1.29, 1.82) is 0 Å². The number of amides is 1.